The third-order valence-electron chi connectivity index (χ3n) is 3.83. The molecule has 0 aromatic heterocycles. The van der Waals surface area contributed by atoms with Gasteiger partial charge in [0.15, 0.2) is 5.95 Å². The molecule has 21 heavy (non-hydrogen) atoms. The zero-order valence-electron chi connectivity index (χ0n) is 11.5. The van der Waals surface area contributed by atoms with E-state index in [9.17, 15) is 14.6 Å². The van der Waals surface area contributed by atoms with Crippen LogP contribution in [-0.4, -0.2) is 38.5 Å². The largest absolute Gasteiger partial charge is 0.388 e. The molecule has 4 atom stereocenters. The fraction of sp³-hybridized carbons (Fsp3) is 0.429. The molecule has 3 aliphatic rings. The van der Waals surface area contributed by atoms with Gasteiger partial charge in [-0.25, -0.2) is 4.98 Å². The van der Waals surface area contributed by atoms with Crippen LogP contribution in [0, 0.1) is 17.5 Å². The van der Waals surface area contributed by atoms with Crippen LogP contribution in [-0.2, 0) is 4.74 Å². The summed E-state index contributed by atoms with van der Waals surface area (Å²) < 4.78 is 19.2. The van der Waals surface area contributed by atoms with E-state index in [1.807, 2.05) is 0 Å². The fourth-order valence-electron chi connectivity index (χ4n) is 2.63. The SMILES string of the molecule is Cc1cc(F)[nH]c2nc(=S)c([C@@H]3O[C@H](C)C(O)[C@@H]3O)cc1-2. The van der Waals surface area contributed by atoms with Crippen molar-refractivity contribution in [2.45, 2.75) is 38.3 Å². The number of hydrogen-bond donors (Lipinski definition) is 3. The Balaban J connectivity index is 2.15. The summed E-state index contributed by atoms with van der Waals surface area (Å²) >= 11 is 5.21. The van der Waals surface area contributed by atoms with Crippen LogP contribution in [0.1, 0.15) is 24.2 Å². The number of nitrogens with one attached hydrogen (secondary N) is 1. The van der Waals surface area contributed by atoms with E-state index in [4.69, 9.17) is 17.0 Å². The molecule has 0 aromatic rings. The van der Waals surface area contributed by atoms with Gasteiger partial charge in [-0.1, -0.05) is 12.2 Å². The highest BCUT2D eigenvalue weighted by Crippen LogP contribution is 2.36. The van der Waals surface area contributed by atoms with Gasteiger partial charge in [-0.3, -0.25) is 0 Å². The molecular weight excluding hydrogens is 295 g/mol. The van der Waals surface area contributed by atoms with E-state index in [-0.39, 0.29) is 4.64 Å². The maximum Gasteiger partial charge on any atom is 0.192 e. The van der Waals surface area contributed by atoms with Gasteiger partial charge < -0.3 is 19.9 Å². The molecule has 0 bridgehead atoms. The van der Waals surface area contributed by atoms with Crippen LogP contribution in [0.15, 0.2) is 12.1 Å². The molecule has 5 nitrogen and oxygen atoms in total. The van der Waals surface area contributed by atoms with Crippen LogP contribution in [0.3, 0.4) is 0 Å². The molecule has 1 saturated heterocycles. The van der Waals surface area contributed by atoms with Crippen LogP contribution >= 0.6 is 12.2 Å². The molecule has 7 heteroatoms. The van der Waals surface area contributed by atoms with Crippen LogP contribution in [0.25, 0.3) is 11.4 Å². The Morgan fingerprint density at radius 1 is 1.33 bits per heavy atom. The molecule has 0 radical (unpaired) electrons. The molecule has 0 amide bonds. The summed E-state index contributed by atoms with van der Waals surface area (Å²) in [6.45, 7) is 3.44. The molecule has 112 valence electrons. The van der Waals surface area contributed by atoms with E-state index in [1.54, 1.807) is 19.9 Å². The number of hydrogen-bond acceptors (Lipinski definition) is 5. The second kappa shape index (κ2) is 5.10. The fourth-order valence-corrected chi connectivity index (χ4v) is 2.90. The Kier molecular flexibility index (Phi) is 3.53. The number of aromatic amines is 1. The van der Waals surface area contributed by atoms with Gasteiger partial charge in [0.25, 0.3) is 0 Å². The van der Waals surface area contributed by atoms with Crippen molar-refractivity contribution in [2.75, 3.05) is 0 Å². The lowest BCUT2D eigenvalue weighted by Crippen LogP contribution is -2.28. The number of pyridine rings is 2. The van der Waals surface area contributed by atoms with Gasteiger partial charge in [0.05, 0.1) is 6.10 Å². The second-order valence-corrected chi connectivity index (χ2v) is 5.71. The van der Waals surface area contributed by atoms with Gasteiger partial charge in [0.2, 0.25) is 0 Å². The van der Waals surface area contributed by atoms with Crippen molar-refractivity contribution in [3.05, 3.63) is 33.8 Å². The number of nitrogens with zero attached hydrogens (tertiary/aromatic N) is 1. The standard InChI is InChI=1S/C14H15FN2O3S/c1-5-3-9(15)16-13-7(5)4-8(14(21)17-13)12-11(19)10(18)6(2)20-12/h3-4,6,10-12,18-19H,1-2H3,(H,16,17,21)/t6-,10?,11+,12+/m1/s1. The van der Waals surface area contributed by atoms with Crippen molar-refractivity contribution in [2.24, 2.45) is 0 Å². The lowest BCUT2D eigenvalue weighted by molar-refractivity contribution is 0.0147. The minimum atomic E-state index is -1.06. The first-order chi connectivity index (χ1) is 9.88. The highest BCUT2D eigenvalue weighted by atomic mass is 32.1. The summed E-state index contributed by atoms with van der Waals surface area (Å²) in [7, 11) is 0. The smallest absolute Gasteiger partial charge is 0.192 e. The van der Waals surface area contributed by atoms with Crippen molar-refractivity contribution in [1.29, 1.82) is 0 Å². The molecule has 0 spiro atoms. The van der Waals surface area contributed by atoms with Crippen LogP contribution in [0.4, 0.5) is 4.39 Å². The zero-order chi connectivity index (χ0) is 15.3. The van der Waals surface area contributed by atoms with Gasteiger partial charge in [0.1, 0.15) is 28.8 Å². The van der Waals surface area contributed by atoms with E-state index in [0.29, 0.717) is 22.5 Å². The van der Waals surface area contributed by atoms with Gasteiger partial charge in [-0.2, -0.15) is 4.39 Å². The van der Waals surface area contributed by atoms with Crippen molar-refractivity contribution in [1.82, 2.24) is 9.97 Å². The molecule has 1 unspecified atom stereocenters. The van der Waals surface area contributed by atoms with E-state index < -0.39 is 30.4 Å². The minimum Gasteiger partial charge on any atom is -0.388 e. The van der Waals surface area contributed by atoms with Gasteiger partial charge in [0, 0.05) is 11.1 Å². The number of H-pyrrole nitrogens is 1. The lowest BCUT2D eigenvalue weighted by Gasteiger charge is -2.17. The Hall–Kier alpha value is -1.41. The average Bonchev–Trinajstić information content (AvgIpc) is 2.65. The number of aryl methyl sites for hydroxylation is 1. The normalized spacial score (nSPS) is 29.2. The number of rotatable bonds is 1. The first-order valence-corrected chi connectivity index (χ1v) is 7.01. The number of ether oxygens (including phenoxy) is 1. The zero-order valence-corrected chi connectivity index (χ0v) is 12.3. The predicted molar refractivity (Wildman–Crippen MR) is 76.0 cm³/mol. The van der Waals surface area contributed by atoms with E-state index in [1.165, 1.54) is 6.07 Å². The third kappa shape index (κ3) is 2.36. The second-order valence-electron chi connectivity index (χ2n) is 5.32. The van der Waals surface area contributed by atoms with Crippen molar-refractivity contribution in [3.8, 4) is 11.4 Å². The summed E-state index contributed by atoms with van der Waals surface area (Å²) in [4.78, 5) is 6.69. The quantitative estimate of drug-likeness (QED) is 0.554. The first kappa shape index (κ1) is 14.5. The molecule has 3 N–H and O–H groups in total. The predicted octanol–water partition coefficient (Wildman–Crippen LogP) is 1.87. The number of fused-ring (bicyclic) bond motifs is 1. The molecule has 1 fully saturated rings. The first-order valence-electron chi connectivity index (χ1n) is 6.60. The molecule has 0 aliphatic carbocycles. The summed E-state index contributed by atoms with van der Waals surface area (Å²) in [5.41, 5.74) is 1.92. The van der Waals surface area contributed by atoms with E-state index in [2.05, 4.69) is 9.97 Å². The number of aliphatic hydroxyl groups is 2. The highest BCUT2D eigenvalue weighted by molar-refractivity contribution is 7.71. The van der Waals surface area contributed by atoms with Crippen molar-refractivity contribution < 1.29 is 19.3 Å². The average molecular weight is 310 g/mol. The summed E-state index contributed by atoms with van der Waals surface area (Å²) in [6, 6.07) is 3.09. The van der Waals surface area contributed by atoms with E-state index in [0.717, 1.165) is 0 Å². The maximum absolute atomic E-state index is 13.4. The molecule has 0 saturated carbocycles. The monoisotopic (exact) mass is 310 g/mol. The van der Waals surface area contributed by atoms with E-state index >= 15 is 0 Å². The molecule has 3 heterocycles. The molecule has 0 aromatic carbocycles. The highest BCUT2D eigenvalue weighted by Gasteiger charge is 2.42. The minimum absolute atomic E-state index is 0.217. The van der Waals surface area contributed by atoms with Crippen molar-refractivity contribution >= 4 is 12.2 Å². The number of aromatic nitrogens is 2. The Morgan fingerprint density at radius 2 is 2.05 bits per heavy atom. The topological polar surface area (TPSA) is 78.4 Å². The Morgan fingerprint density at radius 3 is 2.67 bits per heavy atom. The molecule has 3 rings (SSSR count). The number of aliphatic hydroxyl groups excluding tert-OH is 2. The Labute approximate surface area is 125 Å². The summed E-state index contributed by atoms with van der Waals surface area (Å²) in [5, 5.41) is 19.9. The van der Waals surface area contributed by atoms with Crippen LogP contribution in [0.2, 0.25) is 0 Å². The molecular formula is C14H15FN2O3S. The van der Waals surface area contributed by atoms with Gasteiger partial charge in [-0.05, 0) is 31.5 Å². The molecule has 3 aliphatic heterocycles. The maximum atomic E-state index is 13.4. The van der Waals surface area contributed by atoms with Gasteiger partial charge in [-0.15, -0.1) is 0 Å². The van der Waals surface area contributed by atoms with Crippen LogP contribution < -0.4 is 0 Å². The summed E-state index contributed by atoms with van der Waals surface area (Å²) in [5.74, 6) is -0.141. The Bertz CT molecular complexity index is 720. The van der Waals surface area contributed by atoms with Crippen LogP contribution in [0.5, 0.6) is 0 Å². The van der Waals surface area contributed by atoms with Gasteiger partial charge >= 0.3 is 0 Å². The van der Waals surface area contributed by atoms with Crippen molar-refractivity contribution in [3.63, 3.8) is 0 Å². The lowest BCUT2D eigenvalue weighted by atomic mass is 9.99. The third-order valence-corrected chi connectivity index (χ3v) is 4.16. The number of halogens is 1. The summed E-state index contributed by atoms with van der Waals surface area (Å²) in [6.07, 6.45) is -3.26.